The van der Waals surface area contributed by atoms with E-state index >= 15 is 0 Å². The molecule has 2 aromatic carbocycles. The van der Waals surface area contributed by atoms with E-state index in [9.17, 15) is 13.5 Å². The average Bonchev–Trinajstić information content (AvgIpc) is 3.23. The minimum atomic E-state index is -3.61. The standard InChI is InChI=1S/C21H28ClN3O3S/c1-3-25(4-2)29(27,28)16-11-12-20(24-13-7-8-14-24)19(15-16)23-21(26)17-9-5-6-10-18(17)22/h5-6,9-12,15,21,23,26H,3-4,7-8,13-14H2,1-2H3. The third-order valence-corrected chi connectivity index (χ3v) is 7.64. The number of hydrogen-bond donors (Lipinski definition) is 2. The van der Waals surface area contributed by atoms with Crippen molar-refractivity contribution >= 4 is 33.0 Å². The van der Waals surface area contributed by atoms with Gasteiger partial charge in [0.1, 0.15) is 0 Å². The van der Waals surface area contributed by atoms with E-state index in [1.165, 1.54) is 4.31 Å². The minimum absolute atomic E-state index is 0.206. The molecule has 0 saturated carbocycles. The van der Waals surface area contributed by atoms with Crippen LogP contribution in [0, 0.1) is 0 Å². The molecule has 1 fully saturated rings. The van der Waals surface area contributed by atoms with Gasteiger partial charge in [0.05, 0.1) is 16.3 Å². The van der Waals surface area contributed by atoms with Crippen molar-refractivity contribution in [1.82, 2.24) is 4.31 Å². The monoisotopic (exact) mass is 437 g/mol. The van der Waals surface area contributed by atoms with Gasteiger partial charge < -0.3 is 15.3 Å². The smallest absolute Gasteiger partial charge is 0.243 e. The van der Waals surface area contributed by atoms with Crippen molar-refractivity contribution in [3.05, 3.63) is 53.1 Å². The molecule has 0 aromatic heterocycles. The van der Waals surface area contributed by atoms with Gasteiger partial charge in [0, 0.05) is 36.8 Å². The van der Waals surface area contributed by atoms with Crippen molar-refractivity contribution in [2.45, 2.75) is 37.8 Å². The fraction of sp³-hybridized carbons (Fsp3) is 0.429. The Morgan fingerprint density at radius 1 is 1.14 bits per heavy atom. The lowest BCUT2D eigenvalue weighted by Crippen LogP contribution is -2.30. The normalized spacial score (nSPS) is 15.7. The molecule has 0 amide bonds. The quantitative estimate of drug-likeness (QED) is 0.609. The predicted molar refractivity (Wildman–Crippen MR) is 118 cm³/mol. The summed E-state index contributed by atoms with van der Waals surface area (Å²) in [5, 5.41) is 14.3. The molecular weight excluding hydrogens is 410 g/mol. The molecule has 2 N–H and O–H groups in total. The number of aliphatic hydroxyl groups excluding tert-OH is 1. The number of rotatable bonds is 8. The molecule has 29 heavy (non-hydrogen) atoms. The predicted octanol–water partition coefficient (Wildman–Crippen LogP) is 4.07. The highest BCUT2D eigenvalue weighted by Crippen LogP contribution is 2.35. The summed E-state index contributed by atoms with van der Waals surface area (Å²) in [5.41, 5.74) is 2.00. The summed E-state index contributed by atoms with van der Waals surface area (Å²) in [6.45, 7) is 6.24. The van der Waals surface area contributed by atoms with Crippen LogP contribution in [0.5, 0.6) is 0 Å². The van der Waals surface area contributed by atoms with E-state index in [2.05, 4.69) is 10.2 Å². The van der Waals surface area contributed by atoms with Crippen molar-refractivity contribution in [3.8, 4) is 0 Å². The van der Waals surface area contributed by atoms with Gasteiger partial charge in [-0.1, -0.05) is 43.6 Å². The van der Waals surface area contributed by atoms with Gasteiger partial charge in [-0.3, -0.25) is 0 Å². The molecule has 6 nitrogen and oxygen atoms in total. The van der Waals surface area contributed by atoms with E-state index in [0.29, 0.717) is 29.4 Å². The largest absolute Gasteiger partial charge is 0.370 e. The summed E-state index contributed by atoms with van der Waals surface area (Å²) >= 11 is 6.22. The number of halogens is 1. The summed E-state index contributed by atoms with van der Waals surface area (Å²) in [5.74, 6) is 0. The molecule has 1 unspecified atom stereocenters. The number of hydrogen-bond acceptors (Lipinski definition) is 5. The van der Waals surface area contributed by atoms with Crippen LogP contribution < -0.4 is 10.2 Å². The number of nitrogens with one attached hydrogen (secondary N) is 1. The molecule has 158 valence electrons. The Labute approximate surface area is 178 Å². The van der Waals surface area contributed by atoms with Gasteiger partial charge in [-0.25, -0.2) is 8.42 Å². The van der Waals surface area contributed by atoms with Crippen LogP contribution in [0.4, 0.5) is 11.4 Å². The average molecular weight is 438 g/mol. The van der Waals surface area contributed by atoms with Crippen molar-refractivity contribution in [2.75, 3.05) is 36.4 Å². The molecule has 0 radical (unpaired) electrons. The first-order chi connectivity index (χ1) is 13.9. The minimum Gasteiger partial charge on any atom is -0.370 e. The van der Waals surface area contributed by atoms with Gasteiger partial charge in [0.25, 0.3) is 0 Å². The van der Waals surface area contributed by atoms with Crippen LogP contribution in [0.2, 0.25) is 5.02 Å². The molecule has 1 atom stereocenters. The maximum absolute atomic E-state index is 13.0. The molecule has 3 rings (SSSR count). The van der Waals surface area contributed by atoms with Crippen molar-refractivity contribution in [3.63, 3.8) is 0 Å². The van der Waals surface area contributed by atoms with Gasteiger partial charge in [0.2, 0.25) is 10.0 Å². The summed E-state index contributed by atoms with van der Waals surface area (Å²) in [4.78, 5) is 2.41. The first-order valence-electron chi connectivity index (χ1n) is 9.96. The van der Waals surface area contributed by atoms with Crippen molar-refractivity contribution in [1.29, 1.82) is 0 Å². The number of anilines is 2. The molecule has 2 aromatic rings. The maximum Gasteiger partial charge on any atom is 0.243 e. The molecule has 0 bridgehead atoms. The lowest BCUT2D eigenvalue weighted by atomic mass is 10.1. The topological polar surface area (TPSA) is 72.9 Å². The van der Waals surface area contributed by atoms with E-state index in [1.807, 2.05) is 19.9 Å². The molecule has 1 saturated heterocycles. The Morgan fingerprint density at radius 2 is 1.79 bits per heavy atom. The van der Waals surface area contributed by atoms with E-state index < -0.39 is 16.3 Å². The van der Waals surface area contributed by atoms with Crippen LogP contribution in [0.1, 0.15) is 38.5 Å². The second-order valence-corrected chi connectivity index (χ2v) is 9.38. The van der Waals surface area contributed by atoms with E-state index in [0.717, 1.165) is 31.6 Å². The number of aliphatic hydroxyl groups is 1. The van der Waals surface area contributed by atoms with Crippen LogP contribution in [0.25, 0.3) is 0 Å². The molecule has 1 heterocycles. The maximum atomic E-state index is 13.0. The van der Waals surface area contributed by atoms with Crippen LogP contribution >= 0.6 is 11.6 Å². The SMILES string of the molecule is CCN(CC)S(=O)(=O)c1ccc(N2CCCC2)c(NC(O)c2ccccc2Cl)c1. The fourth-order valence-corrected chi connectivity index (χ4v) is 5.38. The molecule has 1 aliphatic heterocycles. The lowest BCUT2D eigenvalue weighted by molar-refractivity contribution is 0.208. The van der Waals surface area contributed by atoms with E-state index in [-0.39, 0.29) is 4.90 Å². The van der Waals surface area contributed by atoms with Crippen LogP contribution in [0.15, 0.2) is 47.4 Å². The Balaban J connectivity index is 2.01. The summed E-state index contributed by atoms with van der Waals surface area (Å²) in [6, 6.07) is 12.1. The Bertz CT molecular complexity index is 942. The third kappa shape index (κ3) is 4.69. The zero-order valence-electron chi connectivity index (χ0n) is 16.8. The van der Waals surface area contributed by atoms with Crippen LogP contribution in [0.3, 0.4) is 0 Å². The van der Waals surface area contributed by atoms with Gasteiger partial charge in [-0.15, -0.1) is 0 Å². The van der Waals surface area contributed by atoms with Gasteiger partial charge in [-0.05, 0) is 37.1 Å². The van der Waals surface area contributed by atoms with Gasteiger partial charge in [-0.2, -0.15) is 4.31 Å². The molecule has 0 spiro atoms. The first-order valence-corrected chi connectivity index (χ1v) is 11.8. The number of sulfonamides is 1. The highest BCUT2D eigenvalue weighted by Gasteiger charge is 2.25. The Kier molecular flexibility index (Phi) is 7.05. The molecule has 1 aliphatic rings. The number of nitrogens with zero attached hydrogens (tertiary/aromatic N) is 2. The summed E-state index contributed by atoms with van der Waals surface area (Å²) < 4.78 is 27.4. The van der Waals surface area contributed by atoms with Gasteiger partial charge in [0.15, 0.2) is 6.23 Å². The fourth-order valence-electron chi connectivity index (χ4n) is 3.66. The van der Waals surface area contributed by atoms with E-state index in [1.54, 1.807) is 36.4 Å². The van der Waals surface area contributed by atoms with Crippen molar-refractivity contribution < 1.29 is 13.5 Å². The summed E-state index contributed by atoms with van der Waals surface area (Å²) in [7, 11) is -3.61. The van der Waals surface area contributed by atoms with Gasteiger partial charge >= 0.3 is 0 Å². The first kappa shape index (κ1) is 21.9. The molecule has 0 aliphatic carbocycles. The zero-order chi connectivity index (χ0) is 21.0. The van der Waals surface area contributed by atoms with Crippen molar-refractivity contribution in [2.24, 2.45) is 0 Å². The second-order valence-electron chi connectivity index (χ2n) is 7.03. The zero-order valence-corrected chi connectivity index (χ0v) is 18.4. The van der Waals surface area contributed by atoms with E-state index in [4.69, 9.17) is 11.6 Å². The summed E-state index contributed by atoms with van der Waals surface area (Å²) in [6.07, 6.45) is 1.12. The molecular formula is C21H28ClN3O3S. The Hall–Kier alpha value is -1.80. The highest BCUT2D eigenvalue weighted by atomic mass is 35.5. The van der Waals surface area contributed by atoms with Crippen LogP contribution in [-0.4, -0.2) is 44.0 Å². The lowest BCUT2D eigenvalue weighted by Gasteiger charge is -2.26. The third-order valence-electron chi connectivity index (χ3n) is 5.25. The Morgan fingerprint density at radius 3 is 2.41 bits per heavy atom. The number of benzene rings is 2. The van der Waals surface area contributed by atoms with Crippen LogP contribution in [-0.2, 0) is 10.0 Å². The highest BCUT2D eigenvalue weighted by molar-refractivity contribution is 7.89. The second kappa shape index (κ2) is 9.34. The molecule has 8 heteroatoms.